The summed E-state index contributed by atoms with van der Waals surface area (Å²) < 4.78 is 22.1. The summed E-state index contributed by atoms with van der Waals surface area (Å²) in [6.07, 6.45) is 3.47. The molecule has 3 rings (SSSR count). The molecule has 1 fully saturated rings. The average molecular weight is 432 g/mol. The molecule has 2 aromatic rings. The zero-order valence-corrected chi connectivity index (χ0v) is 18.6. The Morgan fingerprint density at radius 3 is 2.81 bits per heavy atom. The van der Waals surface area contributed by atoms with Crippen molar-refractivity contribution in [3.63, 3.8) is 0 Å². The van der Waals surface area contributed by atoms with Gasteiger partial charge in [-0.3, -0.25) is 0 Å². The molecule has 170 valence electrons. The van der Waals surface area contributed by atoms with Crippen LogP contribution in [0.1, 0.15) is 44.8 Å². The summed E-state index contributed by atoms with van der Waals surface area (Å²) in [5, 5.41) is 10.4. The Balaban J connectivity index is 1.49. The van der Waals surface area contributed by atoms with Crippen LogP contribution >= 0.6 is 0 Å². The van der Waals surface area contributed by atoms with Gasteiger partial charge in [0, 0.05) is 25.4 Å². The lowest BCUT2D eigenvalue weighted by molar-refractivity contribution is 0.0168. The highest BCUT2D eigenvalue weighted by Gasteiger charge is 2.15. The van der Waals surface area contributed by atoms with Crippen LogP contribution < -0.4 is 15.4 Å². The summed E-state index contributed by atoms with van der Waals surface area (Å²) in [4.78, 5) is 8.76. The van der Waals surface area contributed by atoms with Gasteiger partial charge in [0.1, 0.15) is 12.3 Å². The van der Waals surface area contributed by atoms with Crippen LogP contribution in [-0.2, 0) is 16.0 Å². The van der Waals surface area contributed by atoms with Crippen LogP contribution in [0.3, 0.4) is 0 Å². The Hall–Kier alpha value is -2.65. The molecule has 1 aliphatic rings. The van der Waals surface area contributed by atoms with E-state index in [9.17, 15) is 0 Å². The number of nitrogens with zero attached hydrogens (tertiary/aromatic N) is 3. The molecule has 1 saturated heterocycles. The Labute approximate surface area is 183 Å². The molecule has 1 unspecified atom stereocenters. The molecule has 0 aliphatic carbocycles. The van der Waals surface area contributed by atoms with Crippen molar-refractivity contribution >= 4 is 11.6 Å². The molecule has 0 spiro atoms. The normalized spacial score (nSPS) is 16.6. The Bertz CT molecular complexity index is 800. The summed E-state index contributed by atoms with van der Waals surface area (Å²) >= 11 is 0. The van der Waals surface area contributed by atoms with Gasteiger partial charge < -0.3 is 29.4 Å². The average Bonchev–Trinajstić information content (AvgIpc) is 3.41. The van der Waals surface area contributed by atoms with Crippen molar-refractivity contribution in [2.24, 2.45) is 4.99 Å². The van der Waals surface area contributed by atoms with Gasteiger partial charge in [-0.1, -0.05) is 5.16 Å². The SMILES string of the molecule is Cc1noc(CN=C(NCCCOCC2CCCO2)Nc2ccc(OC(C)C)cc2)n1. The molecule has 1 atom stereocenters. The topological polar surface area (TPSA) is 103 Å². The second-order valence-corrected chi connectivity index (χ2v) is 7.71. The van der Waals surface area contributed by atoms with Crippen molar-refractivity contribution in [2.75, 3.05) is 31.7 Å². The summed E-state index contributed by atoms with van der Waals surface area (Å²) in [7, 11) is 0. The van der Waals surface area contributed by atoms with E-state index < -0.39 is 0 Å². The maximum absolute atomic E-state index is 5.72. The van der Waals surface area contributed by atoms with E-state index in [1.165, 1.54) is 0 Å². The Kier molecular flexibility index (Phi) is 9.11. The van der Waals surface area contributed by atoms with Crippen LogP contribution in [0, 0.1) is 6.92 Å². The van der Waals surface area contributed by atoms with Crippen LogP contribution in [0.15, 0.2) is 33.8 Å². The van der Waals surface area contributed by atoms with Crippen LogP contribution in [0.5, 0.6) is 5.75 Å². The Morgan fingerprint density at radius 2 is 2.13 bits per heavy atom. The van der Waals surface area contributed by atoms with Gasteiger partial charge in [-0.15, -0.1) is 0 Å². The maximum Gasteiger partial charge on any atom is 0.248 e. The first-order valence-electron chi connectivity index (χ1n) is 10.9. The number of nitrogens with one attached hydrogen (secondary N) is 2. The highest BCUT2D eigenvalue weighted by atomic mass is 16.5. The number of ether oxygens (including phenoxy) is 3. The second kappa shape index (κ2) is 12.3. The van der Waals surface area contributed by atoms with Crippen LogP contribution in [-0.4, -0.2) is 54.7 Å². The summed E-state index contributed by atoms with van der Waals surface area (Å²) in [5.74, 6) is 2.53. The zero-order valence-electron chi connectivity index (χ0n) is 18.6. The first-order valence-corrected chi connectivity index (χ1v) is 10.9. The first kappa shape index (κ1) is 23.0. The molecule has 2 heterocycles. The van der Waals surface area contributed by atoms with E-state index in [0.29, 0.717) is 37.4 Å². The summed E-state index contributed by atoms with van der Waals surface area (Å²) in [5.41, 5.74) is 0.902. The van der Waals surface area contributed by atoms with Gasteiger partial charge in [-0.25, -0.2) is 4.99 Å². The fourth-order valence-electron chi connectivity index (χ4n) is 3.09. The molecular weight excluding hydrogens is 398 g/mol. The minimum atomic E-state index is 0.137. The number of hydrogen-bond donors (Lipinski definition) is 2. The minimum absolute atomic E-state index is 0.137. The van der Waals surface area contributed by atoms with Crippen molar-refractivity contribution in [1.29, 1.82) is 0 Å². The first-order chi connectivity index (χ1) is 15.1. The smallest absolute Gasteiger partial charge is 0.248 e. The molecule has 0 amide bonds. The van der Waals surface area contributed by atoms with Gasteiger partial charge in [0.15, 0.2) is 11.8 Å². The largest absolute Gasteiger partial charge is 0.491 e. The van der Waals surface area contributed by atoms with Gasteiger partial charge >= 0.3 is 0 Å². The summed E-state index contributed by atoms with van der Waals surface area (Å²) in [6.45, 7) is 8.99. The highest BCUT2D eigenvalue weighted by Crippen LogP contribution is 2.17. The number of hydrogen-bond acceptors (Lipinski definition) is 7. The number of guanidine groups is 1. The molecule has 9 heteroatoms. The van der Waals surface area contributed by atoms with E-state index in [1.807, 2.05) is 38.1 Å². The van der Waals surface area contributed by atoms with Gasteiger partial charge in [0.25, 0.3) is 0 Å². The molecule has 1 aromatic carbocycles. The number of aliphatic imine (C=N–C) groups is 1. The molecule has 0 bridgehead atoms. The Morgan fingerprint density at radius 1 is 1.29 bits per heavy atom. The van der Waals surface area contributed by atoms with Crippen LogP contribution in [0.25, 0.3) is 0 Å². The maximum atomic E-state index is 5.72. The minimum Gasteiger partial charge on any atom is -0.491 e. The van der Waals surface area contributed by atoms with Gasteiger partial charge in [-0.05, 0) is 64.3 Å². The second-order valence-electron chi connectivity index (χ2n) is 7.71. The van der Waals surface area contributed by atoms with Crippen LogP contribution in [0.2, 0.25) is 0 Å². The monoisotopic (exact) mass is 431 g/mol. The van der Waals surface area contributed by atoms with Gasteiger partial charge in [0.05, 0.1) is 18.8 Å². The molecule has 2 N–H and O–H groups in total. The van der Waals surface area contributed by atoms with E-state index >= 15 is 0 Å². The van der Waals surface area contributed by atoms with E-state index in [2.05, 4.69) is 25.8 Å². The predicted octanol–water partition coefficient (Wildman–Crippen LogP) is 3.31. The quantitative estimate of drug-likeness (QED) is 0.317. The van der Waals surface area contributed by atoms with E-state index in [4.69, 9.17) is 18.7 Å². The van der Waals surface area contributed by atoms with Crippen molar-refractivity contribution in [3.8, 4) is 5.75 Å². The lowest BCUT2D eigenvalue weighted by Crippen LogP contribution is -2.32. The number of aryl methyl sites for hydroxylation is 1. The predicted molar refractivity (Wildman–Crippen MR) is 118 cm³/mol. The molecule has 1 aromatic heterocycles. The number of rotatable bonds is 11. The number of anilines is 1. The van der Waals surface area contributed by atoms with E-state index in [0.717, 1.165) is 43.9 Å². The van der Waals surface area contributed by atoms with Crippen molar-refractivity contribution in [1.82, 2.24) is 15.5 Å². The third-order valence-electron chi connectivity index (χ3n) is 4.52. The standard InChI is InChI=1S/C22H33N5O4/c1-16(2)30-19-9-7-18(8-10-19)26-22(24-14-21-25-17(3)27-31-21)23-11-5-12-28-15-20-6-4-13-29-20/h7-10,16,20H,4-6,11-15H2,1-3H3,(H2,23,24,26). The van der Waals surface area contributed by atoms with Crippen molar-refractivity contribution in [3.05, 3.63) is 36.0 Å². The molecular formula is C22H33N5O4. The summed E-state index contributed by atoms with van der Waals surface area (Å²) in [6, 6.07) is 7.77. The highest BCUT2D eigenvalue weighted by molar-refractivity contribution is 5.93. The molecule has 31 heavy (non-hydrogen) atoms. The molecule has 0 saturated carbocycles. The van der Waals surface area contributed by atoms with Crippen molar-refractivity contribution < 1.29 is 18.7 Å². The number of benzene rings is 1. The number of aromatic nitrogens is 2. The van der Waals surface area contributed by atoms with E-state index in [1.54, 1.807) is 6.92 Å². The third-order valence-corrected chi connectivity index (χ3v) is 4.52. The third kappa shape index (κ3) is 8.55. The lowest BCUT2D eigenvalue weighted by atomic mass is 10.2. The molecule has 0 radical (unpaired) electrons. The lowest BCUT2D eigenvalue weighted by Gasteiger charge is -2.14. The molecule has 1 aliphatic heterocycles. The van der Waals surface area contributed by atoms with Crippen LogP contribution in [0.4, 0.5) is 5.69 Å². The zero-order chi connectivity index (χ0) is 21.9. The fraction of sp³-hybridized carbons (Fsp3) is 0.591. The van der Waals surface area contributed by atoms with Gasteiger partial charge in [0.2, 0.25) is 5.89 Å². The fourth-order valence-corrected chi connectivity index (χ4v) is 3.09. The molecule has 9 nitrogen and oxygen atoms in total. The van der Waals surface area contributed by atoms with E-state index in [-0.39, 0.29) is 12.2 Å². The van der Waals surface area contributed by atoms with Gasteiger partial charge in [-0.2, -0.15) is 4.98 Å². The van der Waals surface area contributed by atoms with Crippen molar-refractivity contribution in [2.45, 2.75) is 58.8 Å².